The summed E-state index contributed by atoms with van der Waals surface area (Å²) in [5, 5.41) is 34.0. The number of aromatic amines is 1. The van der Waals surface area contributed by atoms with E-state index >= 15 is 0 Å². The lowest BCUT2D eigenvalue weighted by Crippen LogP contribution is -2.57. The Morgan fingerprint density at radius 3 is 2.75 bits per heavy atom. The molecular formula is C24H34N6O2. The van der Waals surface area contributed by atoms with Crippen molar-refractivity contribution in [3.63, 3.8) is 0 Å². The second kappa shape index (κ2) is 10.3. The van der Waals surface area contributed by atoms with Gasteiger partial charge in [0, 0.05) is 25.0 Å². The van der Waals surface area contributed by atoms with Crippen molar-refractivity contribution in [3.8, 4) is 6.07 Å². The SMILES string of the molecule is N#CC1(NC(=O)C(CC2CCCCC2)Nc2n[nH]c3ccccc23)CCN(CCO)CC1. The topological polar surface area (TPSA) is 117 Å². The zero-order valence-electron chi connectivity index (χ0n) is 18.6. The molecule has 2 aromatic rings. The maximum absolute atomic E-state index is 13.5. The van der Waals surface area contributed by atoms with Gasteiger partial charge in [-0.05, 0) is 37.3 Å². The number of β-amino-alcohol motifs (C(OH)–C–C–N with tert-alkyl or cyclic N) is 1. The molecule has 0 spiro atoms. The number of piperidine rings is 1. The van der Waals surface area contributed by atoms with E-state index in [1.165, 1.54) is 19.3 Å². The Kier molecular flexibility index (Phi) is 7.28. The number of benzene rings is 1. The predicted octanol–water partition coefficient (Wildman–Crippen LogP) is 2.78. The standard InChI is InChI=1S/C24H34N6O2/c25-17-24(10-12-30(13-11-24)14-15-31)27-23(32)21(16-18-6-2-1-3-7-18)26-22-19-8-4-5-9-20(19)28-29-22/h4-5,8-9,18,21,31H,1-3,6-7,10-16H2,(H,27,32)(H2,26,28,29). The molecule has 1 aromatic carbocycles. The first-order valence-corrected chi connectivity index (χ1v) is 11.9. The number of carbonyl (C=O) groups excluding carboxylic acids is 1. The smallest absolute Gasteiger partial charge is 0.243 e. The average Bonchev–Trinajstić information content (AvgIpc) is 3.24. The highest BCUT2D eigenvalue weighted by molar-refractivity contribution is 5.92. The minimum absolute atomic E-state index is 0.108. The fourth-order valence-electron chi connectivity index (χ4n) is 5.11. The van der Waals surface area contributed by atoms with Crippen LogP contribution in [-0.4, -0.2) is 63.9 Å². The lowest BCUT2D eigenvalue weighted by atomic mass is 9.84. The quantitative estimate of drug-likeness (QED) is 0.503. The van der Waals surface area contributed by atoms with Crippen molar-refractivity contribution in [1.82, 2.24) is 20.4 Å². The third-order valence-corrected chi connectivity index (χ3v) is 7.09. The molecule has 1 atom stereocenters. The number of anilines is 1. The summed E-state index contributed by atoms with van der Waals surface area (Å²) in [4.78, 5) is 15.6. The minimum Gasteiger partial charge on any atom is -0.395 e. The van der Waals surface area contributed by atoms with Crippen LogP contribution in [0.1, 0.15) is 51.4 Å². The molecule has 8 heteroatoms. The van der Waals surface area contributed by atoms with E-state index in [0.29, 0.717) is 44.2 Å². The van der Waals surface area contributed by atoms with Crippen molar-refractivity contribution in [2.75, 3.05) is 31.6 Å². The summed E-state index contributed by atoms with van der Waals surface area (Å²) in [6.45, 7) is 2.10. The first-order chi connectivity index (χ1) is 15.6. The molecule has 2 heterocycles. The highest BCUT2D eigenvalue weighted by Crippen LogP contribution is 2.30. The third kappa shape index (κ3) is 5.22. The summed E-state index contributed by atoms with van der Waals surface area (Å²) in [6.07, 6.45) is 7.87. The van der Waals surface area contributed by atoms with Crippen LogP contribution in [0.4, 0.5) is 5.82 Å². The Labute approximate surface area is 189 Å². The fourth-order valence-corrected chi connectivity index (χ4v) is 5.11. The predicted molar refractivity (Wildman–Crippen MR) is 124 cm³/mol. The van der Waals surface area contributed by atoms with Gasteiger partial charge in [-0.2, -0.15) is 10.4 Å². The van der Waals surface area contributed by atoms with Crippen molar-refractivity contribution < 1.29 is 9.90 Å². The number of nitriles is 1. The van der Waals surface area contributed by atoms with Crippen LogP contribution < -0.4 is 10.6 Å². The summed E-state index contributed by atoms with van der Waals surface area (Å²) >= 11 is 0. The summed E-state index contributed by atoms with van der Waals surface area (Å²) < 4.78 is 0. The number of likely N-dealkylation sites (tertiary alicyclic amines) is 1. The van der Waals surface area contributed by atoms with Gasteiger partial charge in [-0.1, -0.05) is 44.2 Å². The molecule has 1 aliphatic carbocycles. The van der Waals surface area contributed by atoms with E-state index < -0.39 is 11.6 Å². The molecule has 1 aromatic heterocycles. The molecule has 0 radical (unpaired) electrons. The van der Waals surface area contributed by atoms with Crippen LogP contribution in [0.25, 0.3) is 10.9 Å². The molecule has 4 N–H and O–H groups in total. The molecule has 0 bridgehead atoms. The molecule has 32 heavy (non-hydrogen) atoms. The number of carbonyl (C=O) groups is 1. The van der Waals surface area contributed by atoms with Crippen molar-refractivity contribution in [2.45, 2.75) is 62.9 Å². The van der Waals surface area contributed by atoms with Crippen LogP contribution >= 0.6 is 0 Å². The number of amides is 1. The second-order valence-electron chi connectivity index (χ2n) is 9.30. The number of nitrogens with one attached hydrogen (secondary N) is 3. The molecule has 2 aliphatic rings. The van der Waals surface area contributed by atoms with Crippen LogP contribution in [0.2, 0.25) is 0 Å². The van der Waals surface area contributed by atoms with E-state index in [1.54, 1.807) is 0 Å². The second-order valence-corrected chi connectivity index (χ2v) is 9.30. The van der Waals surface area contributed by atoms with Crippen molar-refractivity contribution in [2.24, 2.45) is 5.92 Å². The molecule has 172 valence electrons. The van der Waals surface area contributed by atoms with Gasteiger partial charge >= 0.3 is 0 Å². The fraction of sp³-hybridized carbons (Fsp3) is 0.625. The Hall–Kier alpha value is -2.63. The van der Waals surface area contributed by atoms with Crippen LogP contribution in [0.5, 0.6) is 0 Å². The van der Waals surface area contributed by atoms with Gasteiger partial charge in [0.1, 0.15) is 11.6 Å². The van der Waals surface area contributed by atoms with Crippen LogP contribution in [0.15, 0.2) is 24.3 Å². The third-order valence-electron chi connectivity index (χ3n) is 7.09. The molecule has 8 nitrogen and oxygen atoms in total. The number of nitrogens with zero attached hydrogens (tertiary/aromatic N) is 3. The molecule has 1 unspecified atom stereocenters. The van der Waals surface area contributed by atoms with Crippen LogP contribution in [0, 0.1) is 17.2 Å². The largest absolute Gasteiger partial charge is 0.395 e. The molecule has 2 fully saturated rings. The van der Waals surface area contributed by atoms with Crippen LogP contribution in [0.3, 0.4) is 0 Å². The van der Waals surface area contributed by atoms with E-state index in [9.17, 15) is 15.2 Å². The minimum atomic E-state index is -0.858. The number of hydrogen-bond donors (Lipinski definition) is 4. The van der Waals surface area contributed by atoms with Gasteiger partial charge in [-0.3, -0.25) is 9.89 Å². The molecule has 1 saturated carbocycles. The number of para-hydroxylation sites is 1. The number of fused-ring (bicyclic) bond motifs is 1. The first-order valence-electron chi connectivity index (χ1n) is 11.9. The van der Waals surface area contributed by atoms with Gasteiger partial charge < -0.3 is 20.6 Å². The summed E-state index contributed by atoms with van der Waals surface area (Å²) in [5.41, 5.74) is 0.0694. The van der Waals surface area contributed by atoms with Crippen molar-refractivity contribution >= 4 is 22.6 Å². The maximum atomic E-state index is 13.5. The maximum Gasteiger partial charge on any atom is 0.243 e. The summed E-state index contributed by atoms with van der Waals surface area (Å²) in [7, 11) is 0. The number of hydrogen-bond acceptors (Lipinski definition) is 6. The Balaban J connectivity index is 1.49. The monoisotopic (exact) mass is 438 g/mol. The highest BCUT2D eigenvalue weighted by atomic mass is 16.3. The molecule has 1 amide bonds. The van der Waals surface area contributed by atoms with Crippen molar-refractivity contribution in [1.29, 1.82) is 5.26 Å². The lowest BCUT2D eigenvalue weighted by molar-refractivity contribution is -0.124. The van der Waals surface area contributed by atoms with Gasteiger partial charge in [0.2, 0.25) is 5.91 Å². The van der Waals surface area contributed by atoms with Gasteiger partial charge in [0.05, 0.1) is 18.2 Å². The molecule has 1 saturated heterocycles. The van der Waals surface area contributed by atoms with E-state index in [1.807, 2.05) is 24.3 Å². The van der Waals surface area contributed by atoms with Gasteiger partial charge in [-0.15, -0.1) is 0 Å². The number of aliphatic hydroxyl groups excluding tert-OH is 1. The Bertz CT molecular complexity index is 937. The van der Waals surface area contributed by atoms with Gasteiger partial charge in [0.15, 0.2) is 5.82 Å². The molecular weight excluding hydrogens is 404 g/mol. The number of aliphatic hydroxyl groups is 1. The van der Waals surface area contributed by atoms with E-state index in [2.05, 4.69) is 31.8 Å². The summed E-state index contributed by atoms with van der Waals surface area (Å²) in [5.74, 6) is 1.06. The average molecular weight is 439 g/mol. The van der Waals surface area contributed by atoms with E-state index in [0.717, 1.165) is 30.2 Å². The lowest BCUT2D eigenvalue weighted by Gasteiger charge is -2.38. The van der Waals surface area contributed by atoms with E-state index in [-0.39, 0.29) is 12.5 Å². The number of aromatic nitrogens is 2. The van der Waals surface area contributed by atoms with Crippen LogP contribution in [-0.2, 0) is 4.79 Å². The normalized spacial score (nSPS) is 20.5. The number of rotatable bonds is 8. The van der Waals surface area contributed by atoms with Crippen molar-refractivity contribution in [3.05, 3.63) is 24.3 Å². The summed E-state index contributed by atoms with van der Waals surface area (Å²) in [6, 6.07) is 9.82. The Morgan fingerprint density at radius 1 is 1.28 bits per heavy atom. The first kappa shape index (κ1) is 22.6. The molecule has 1 aliphatic heterocycles. The zero-order valence-corrected chi connectivity index (χ0v) is 18.6. The Morgan fingerprint density at radius 2 is 2.03 bits per heavy atom. The zero-order chi connectivity index (χ0) is 22.4. The molecule has 4 rings (SSSR count). The van der Waals surface area contributed by atoms with Gasteiger partial charge in [0.25, 0.3) is 0 Å². The number of H-pyrrole nitrogens is 1. The van der Waals surface area contributed by atoms with E-state index in [4.69, 9.17) is 0 Å². The highest BCUT2D eigenvalue weighted by Gasteiger charge is 2.38. The van der Waals surface area contributed by atoms with Gasteiger partial charge in [-0.25, -0.2) is 0 Å².